The zero-order valence-corrected chi connectivity index (χ0v) is 26.1. The maximum absolute atomic E-state index is 13.4. The second-order valence-electron chi connectivity index (χ2n) is 10.4. The van der Waals surface area contributed by atoms with E-state index in [-0.39, 0.29) is 46.7 Å². The molecule has 2 amide bonds. The minimum absolute atomic E-state index is 0. The summed E-state index contributed by atoms with van der Waals surface area (Å²) in [5.74, 6) is -1.01. The van der Waals surface area contributed by atoms with Gasteiger partial charge in [-0.15, -0.1) is 17.0 Å². The number of methoxy groups -OCH3 is 1. The number of nitrogens with one attached hydrogen (secondary N) is 3. The topological polar surface area (TPSA) is 138 Å². The van der Waals surface area contributed by atoms with E-state index in [0.29, 0.717) is 41.2 Å². The number of carbonyl (C=O) groups excluding carboxylic acids is 4. The molecule has 0 saturated carbocycles. The maximum atomic E-state index is 13.4. The molecule has 2 aromatic rings. The first kappa shape index (κ1) is 33.2. The number of carbonyl (C=O) groups is 4. The van der Waals surface area contributed by atoms with Crippen LogP contribution in [-0.2, 0) is 26.3 Å². The van der Waals surface area contributed by atoms with Gasteiger partial charge in [0.25, 0.3) is 5.91 Å². The van der Waals surface area contributed by atoms with Gasteiger partial charge in [0.2, 0.25) is 5.91 Å². The summed E-state index contributed by atoms with van der Waals surface area (Å²) in [5.41, 5.74) is 3.21. The number of esters is 1. The Bertz CT molecular complexity index is 1410. The number of hydrogen-bond acceptors (Lipinski definition) is 7. The highest BCUT2D eigenvalue weighted by Gasteiger charge is 2.30. The molecule has 0 unspecified atom stereocenters. The molecule has 2 aromatic carbocycles. The lowest BCUT2D eigenvalue weighted by Crippen LogP contribution is -2.30. The first-order valence-corrected chi connectivity index (χ1v) is 12.9. The highest BCUT2D eigenvalue weighted by molar-refractivity contribution is 8.93. The normalized spacial score (nSPS) is 12.7. The molecule has 1 aliphatic rings. The average Bonchev–Trinajstić information content (AvgIpc) is 3.19. The molecule has 0 aliphatic carbocycles. The molecule has 1 heterocycles. The van der Waals surface area contributed by atoms with Crippen molar-refractivity contribution in [2.75, 3.05) is 27.3 Å². The Morgan fingerprint density at radius 3 is 2.37 bits per heavy atom. The van der Waals surface area contributed by atoms with Gasteiger partial charge in [-0.25, -0.2) is 4.79 Å². The Morgan fingerprint density at radius 1 is 1.12 bits per heavy atom. The molecule has 0 atom stereocenters. The second kappa shape index (κ2) is 13.6. The van der Waals surface area contributed by atoms with E-state index in [0.717, 1.165) is 11.1 Å². The van der Waals surface area contributed by atoms with Crippen LogP contribution in [-0.4, -0.2) is 61.6 Å². The van der Waals surface area contributed by atoms with Crippen molar-refractivity contribution in [2.45, 2.75) is 46.6 Å². The summed E-state index contributed by atoms with van der Waals surface area (Å²) >= 11 is 0. The lowest BCUT2D eigenvalue weighted by Gasteiger charge is -2.24. The fourth-order valence-electron chi connectivity index (χ4n) is 4.52. The van der Waals surface area contributed by atoms with Crippen molar-refractivity contribution in [2.24, 2.45) is 0 Å². The molecule has 11 heteroatoms. The number of amides is 2. The fraction of sp³-hybridized carbons (Fsp3) is 0.367. The van der Waals surface area contributed by atoms with Gasteiger partial charge in [-0.2, -0.15) is 0 Å². The lowest BCUT2D eigenvalue weighted by atomic mass is 9.82. The molecule has 3 N–H and O–H groups in total. The Morgan fingerprint density at radius 2 is 1.80 bits per heavy atom. The molecule has 0 fully saturated rings. The molecule has 0 spiro atoms. The Balaban J connectivity index is 0.00000588. The highest BCUT2D eigenvalue weighted by Crippen LogP contribution is 2.32. The number of rotatable bonds is 9. The van der Waals surface area contributed by atoms with Crippen LogP contribution in [0.5, 0.6) is 5.75 Å². The van der Waals surface area contributed by atoms with E-state index >= 15 is 0 Å². The Hall–Kier alpha value is -3.99. The maximum Gasteiger partial charge on any atom is 0.354 e. The van der Waals surface area contributed by atoms with Crippen LogP contribution in [0, 0.1) is 5.41 Å². The molecular weight excluding hydrogens is 592 g/mol. The molecule has 3 rings (SSSR count). The SMILES string of the molecule is Br.CCOc1cc2c(cc1C(=O)NC)C(=N)N(CC(=O)c1ccc(C=C(NC(C)=O)C(=O)OC)c(C(C)(C)C)c1)C2. The molecule has 10 nitrogen and oxygen atoms in total. The Kier molecular flexibility index (Phi) is 11.0. The smallest absolute Gasteiger partial charge is 0.354 e. The van der Waals surface area contributed by atoms with Crippen molar-refractivity contribution in [3.8, 4) is 5.75 Å². The molecule has 0 radical (unpaired) electrons. The number of hydrogen-bond donors (Lipinski definition) is 3. The standard InChI is InChI=1S/C30H36N4O6.BrH/c1-8-40-26-13-20-15-34(27(31)21(20)14-22(26)28(37)32-6)16-25(36)19-10-9-18(23(11-19)30(3,4)5)12-24(29(38)39-7)33-17(2)35;/h9-14,31H,8,15-16H2,1-7H3,(H,32,37)(H,33,35);1H. The summed E-state index contributed by atoms with van der Waals surface area (Å²) in [6, 6.07) is 8.57. The number of ketones is 1. The number of Topliss-reactive ketones (excluding diaryl/α,β-unsaturated/α-hetero) is 1. The van der Waals surface area contributed by atoms with Crippen molar-refractivity contribution < 1.29 is 28.7 Å². The zero-order valence-electron chi connectivity index (χ0n) is 24.4. The number of nitrogens with zero attached hydrogens (tertiary/aromatic N) is 1. The molecular formula is C30H37BrN4O6. The van der Waals surface area contributed by atoms with E-state index in [1.54, 1.807) is 35.2 Å². The monoisotopic (exact) mass is 628 g/mol. The van der Waals surface area contributed by atoms with Crippen LogP contribution in [0.4, 0.5) is 0 Å². The van der Waals surface area contributed by atoms with Gasteiger partial charge in [-0.05, 0) is 53.3 Å². The first-order valence-electron chi connectivity index (χ1n) is 12.9. The van der Waals surface area contributed by atoms with Gasteiger partial charge in [0.05, 0.1) is 25.8 Å². The van der Waals surface area contributed by atoms with Crippen LogP contribution in [0.1, 0.15) is 77.6 Å². The van der Waals surface area contributed by atoms with Crippen molar-refractivity contribution in [1.29, 1.82) is 5.41 Å². The van der Waals surface area contributed by atoms with Gasteiger partial charge in [0.1, 0.15) is 17.3 Å². The van der Waals surface area contributed by atoms with E-state index in [9.17, 15) is 19.2 Å². The van der Waals surface area contributed by atoms with Crippen LogP contribution in [0.2, 0.25) is 0 Å². The van der Waals surface area contributed by atoms with Gasteiger partial charge < -0.3 is 25.0 Å². The highest BCUT2D eigenvalue weighted by atomic mass is 79.9. The van der Waals surface area contributed by atoms with Crippen molar-refractivity contribution in [3.63, 3.8) is 0 Å². The molecule has 220 valence electrons. The number of ether oxygens (including phenoxy) is 2. The second-order valence-corrected chi connectivity index (χ2v) is 10.4. The summed E-state index contributed by atoms with van der Waals surface area (Å²) in [4.78, 5) is 51.3. The van der Waals surface area contributed by atoms with Gasteiger partial charge in [0, 0.05) is 31.6 Å². The van der Waals surface area contributed by atoms with Crippen LogP contribution < -0.4 is 15.4 Å². The van der Waals surface area contributed by atoms with Gasteiger partial charge in [0.15, 0.2) is 5.78 Å². The number of fused-ring (bicyclic) bond motifs is 1. The molecule has 0 bridgehead atoms. The number of amidine groups is 1. The van der Waals surface area contributed by atoms with E-state index in [4.69, 9.17) is 14.9 Å². The third kappa shape index (κ3) is 7.60. The van der Waals surface area contributed by atoms with Gasteiger partial charge in [-0.3, -0.25) is 19.8 Å². The largest absolute Gasteiger partial charge is 0.493 e. The van der Waals surface area contributed by atoms with Crippen LogP contribution in [0.3, 0.4) is 0 Å². The van der Waals surface area contributed by atoms with Gasteiger partial charge in [-0.1, -0.05) is 32.9 Å². The lowest BCUT2D eigenvalue weighted by molar-refractivity contribution is -0.137. The summed E-state index contributed by atoms with van der Waals surface area (Å²) in [5, 5.41) is 13.8. The predicted molar refractivity (Wildman–Crippen MR) is 162 cm³/mol. The third-order valence-corrected chi connectivity index (χ3v) is 6.44. The third-order valence-electron chi connectivity index (χ3n) is 6.44. The number of halogens is 1. The van der Waals surface area contributed by atoms with Crippen LogP contribution in [0.15, 0.2) is 36.0 Å². The summed E-state index contributed by atoms with van der Waals surface area (Å²) in [6.45, 7) is 9.76. The van der Waals surface area contributed by atoms with Crippen molar-refractivity contribution >= 4 is 52.5 Å². The van der Waals surface area contributed by atoms with Crippen LogP contribution >= 0.6 is 17.0 Å². The molecule has 1 aliphatic heterocycles. The average molecular weight is 630 g/mol. The van der Waals surface area contributed by atoms with E-state index < -0.39 is 17.3 Å². The number of benzene rings is 2. The van der Waals surface area contributed by atoms with E-state index in [2.05, 4.69) is 10.6 Å². The van der Waals surface area contributed by atoms with Crippen LogP contribution in [0.25, 0.3) is 6.08 Å². The van der Waals surface area contributed by atoms with Gasteiger partial charge >= 0.3 is 5.97 Å². The molecule has 0 aromatic heterocycles. The fourth-order valence-corrected chi connectivity index (χ4v) is 4.52. The minimum Gasteiger partial charge on any atom is -0.493 e. The minimum atomic E-state index is -0.686. The quantitative estimate of drug-likeness (QED) is 0.217. The van der Waals surface area contributed by atoms with Crippen molar-refractivity contribution in [1.82, 2.24) is 15.5 Å². The first-order chi connectivity index (χ1) is 18.8. The van der Waals surface area contributed by atoms with E-state index in [1.165, 1.54) is 27.2 Å². The zero-order chi connectivity index (χ0) is 29.8. The van der Waals surface area contributed by atoms with E-state index in [1.807, 2.05) is 27.7 Å². The molecule has 41 heavy (non-hydrogen) atoms. The Labute approximate surface area is 250 Å². The predicted octanol–water partition coefficient (Wildman–Crippen LogP) is 3.99. The summed E-state index contributed by atoms with van der Waals surface area (Å²) < 4.78 is 10.5. The summed E-state index contributed by atoms with van der Waals surface area (Å²) in [7, 11) is 2.76. The molecule has 0 saturated heterocycles. The van der Waals surface area contributed by atoms with Crippen molar-refractivity contribution in [3.05, 3.63) is 69.4 Å². The summed E-state index contributed by atoms with van der Waals surface area (Å²) in [6.07, 6.45) is 1.54.